The standard InChI is InChI=1S/C18H21FN4OS.ClH/c1-3-8-20-9-10-21-17(24)16-11-15-12(2)22-23(18(15)25-16)14-6-4-13(19)5-7-14;/h4-7,11,20H,3,8-10H2,1-2H3,(H,21,24);1H. The van der Waals surface area contributed by atoms with Crippen molar-refractivity contribution in [2.75, 3.05) is 19.6 Å². The number of hydrogen-bond donors (Lipinski definition) is 2. The number of benzene rings is 1. The molecule has 1 amide bonds. The molecule has 3 aromatic rings. The summed E-state index contributed by atoms with van der Waals surface area (Å²) in [5.41, 5.74) is 1.62. The summed E-state index contributed by atoms with van der Waals surface area (Å²) in [7, 11) is 0. The third-order valence-electron chi connectivity index (χ3n) is 3.85. The van der Waals surface area contributed by atoms with Crippen LogP contribution in [0.3, 0.4) is 0 Å². The van der Waals surface area contributed by atoms with Crippen LogP contribution in [0.15, 0.2) is 30.3 Å². The molecule has 0 bridgehead atoms. The van der Waals surface area contributed by atoms with Gasteiger partial charge in [0, 0.05) is 18.5 Å². The maximum absolute atomic E-state index is 13.1. The number of aryl methyl sites for hydroxylation is 1. The van der Waals surface area contributed by atoms with E-state index in [9.17, 15) is 9.18 Å². The number of hydrogen-bond acceptors (Lipinski definition) is 4. The third kappa shape index (κ3) is 4.41. The van der Waals surface area contributed by atoms with Crippen LogP contribution in [0.1, 0.15) is 28.7 Å². The molecular formula is C18H22ClFN4OS. The van der Waals surface area contributed by atoms with Crippen LogP contribution in [0.25, 0.3) is 15.9 Å². The molecule has 3 rings (SSSR count). The average molecular weight is 397 g/mol. The molecule has 5 nitrogen and oxygen atoms in total. The zero-order valence-corrected chi connectivity index (χ0v) is 16.3. The number of fused-ring (bicyclic) bond motifs is 1. The van der Waals surface area contributed by atoms with Crippen molar-refractivity contribution in [1.29, 1.82) is 0 Å². The lowest BCUT2D eigenvalue weighted by atomic mass is 10.3. The topological polar surface area (TPSA) is 58.9 Å². The lowest BCUT2D eigenvalue weighted by molar-refractivity contribution is 0.0958. The number of halogens is 2. The fraction of sp³-hybridized carbons (Fsp3) is 0.333. The SMILES string of the molecule is CCCNCCNC(=O)c1cc2c(C)nn(-c3ccc(F)cc3)c2s1.Cl. The van der Waals surface area contributed by atoms with Gasteiger partial charge in [-0.15, -0.1) is 23.7 Å². The van der Waals surface area contributed by atoms with Crippen LogP contribution in [-0.2, 0) is 0 Å². The van der Waals surface area contributed by atoms with Crippen molar-refractivity contribution in [3.05, 3.63) is 46.7 Å². The molecule has 0 aliphatic carbocycles. The average Bonchev–Trinajstić information content (AvgIpc) is 3.16. The highest BCUT2D eigenvalue weighted by Crippen LogP contribution is 2.30. The van der Waals surface area contributed by atoms with Crippen LogP contribution >= 0.6 is 23.7 Å². The fourth-order valence-corrected chi connectivity index (χ4v) is 3.67. The Kier molecular flexibility index (Phi) is 7.14. The molecule has 0 atom stereocenters. The van der Waals surface area contributed by atoms with Crippen LogP contribution in [0.4, 0.5) is 4.39 Å². The van der Waals surface area contributed by atoms with Crippen LogP contribution < -0.4 is 10.6 Å². The Labute approximate surface area is 162 Å². The van der Waals surface area contributed by atoms with Crippen LogP contribution in [0.5, 0.6) is 0 Å². The van der Waals surface area contributed by atoms with Gasteiger partial charge >= 0.3 is 0 Å². The van der Waals surface area contributed by atoms with Gasteiger partial charge in [0.1, 0.15) is 10.6 Å². The van der Waals surface area contributed by atoms with E-state index in [4.69, 9.17) is 0 Å². The summed E-state index contributed by atoms with van der Waals surface area (Å²) in [6.45, 7) is 6.31. The molecule has 0 spiro atoms. The Morgan fingerprint density at radius 1 is 1.23 bits per heavy atom. The normalized spacial score (nSPS) is 10.7. The fourth-order valence-electron chi connectivity index (χ4n) is 2.57. The molecule has 0 saturated carbocycles. The molecule has 2 heterocycles. The van der Waals surface area contributed by atoms with Crippen molar-refractivity contribution in [2.45, 2.75) is 20.3 Å². The highest BCUT2D eigenvalue weighted by molar-refractivity contribution is 7.20. The number of amides is 1. The van der Waals surface area contributed by atoms with Gasteiger partial charge in [-0.05, 0) is 50.2 Å². The molecule has 2 aromatic heterocycles. The Hall–Kier alpha value is -1.96. The Morgan fingerprint density at radius 3 is 2.65 bits per heavy atom. The van der Waals surface area contributed by atoms with Crippen LogP contribution in [-0.4, -0.2) is 35.3 Å². The summed E-state index contributed by atoms with van der Waals surface area (Å²) >= 11 is 1.39. The van der Waals surface area contributed by atoms with Gasteiger partial charge in [0.05, 0.1) is 16.3 Å². The van der Waals surface area contributed by atoms with Crippen molar-refractivity contribution >= 4 is 39.9 Å². The van der Waals surface area contributed by atoms with Gasteiger partial charge in [-0.3, -0.25) is 4.79 Å². The predicted octanol–water partition coefficient (Wildman–Crippen LogP) is 3.69. The number of carbonyl (C=O) groups is 1. The predicted molar refractivity (Wildman–Crippen MR) is 106 cm³/mol. The van der Waals surface area contributed by atoms with E-state index in [0.29, 0.717) is 11.4 Å². The first-order valence-electron chi connectivity index (χ1n) is 8.34. The summed E-state index contributed by atoms with van der Waals surface area (Å²) in [5.74, 6) is -0.364. The van der Waals surface area contributed by atoms with Crippen LogP contribution in [0.2, 0.25) is 0 Å². The number of aromatic nitrogens is 2. The second-order valence-electron chi connectivity index (χ2n) is 5.81. The van der Waals surface area contributed by atoms with E-state index in [-0.39, 0.29) is 24.1 Å². The van der Waals surface area contributed by atoms with E-state index in [1.165, 1.54) is 23.5 Å². The molecule has 2 N–H and O–H groups in total. The largest absolute Gasteiger partial charge is 0.350 e. The number of carbonyl (C=O) groups excluding carboxylic acids is 1. The molecule has 140 valence electrons. The number of rotatable bonds is 7. The van der Waals surface area contributed by atoms with E-state index in [1.54, 1.807) is 16.8 Å². The third-order valence-corrected chi connectivity index (χ3v) is 4.96. The molecule has 0 aliphatic heterocycles. The number of thiophene rings is 1. The molecule has 0 aliphatic rings. The molecule has 8 heteroatoms. The molecule has 0 fully saturated rings. The summed E-state index contributed by atoms with van der Waals surface area (Å²) in [4.78, 5) is 13.9. The minimum Gasteiger partial charge on any atom is -0.350 e. The first-order chi connectivity index (χ1) is 12.1. The molecule has 1 aromatic carbocycles. The molecule has 0 radical (unpaired) electrons. The number of nitrogens with one attached hydrogen (secondary N) is 2. The van der Waals surface area contributed by atoms with Gasteiger partial charge in [-0.25, -0.2) is 9.07 Å². The lowest BCUT2D eigenvalue weighted by Crippen LogP contribution is -2.31. The number of nitrogens with zero attached hydrogens (tertiary/aromatic N) is 2. The van der Waals surface area contributed by atoms with E-state index in [1.807, 2.05) is 13.0 Å². The van der Waals surface area contributed by atoms with Crippen LogP contribution in [0, 0.1) is 12.7 Å². The van der Waals surface area contributed by atoms with Crippen molar-refractivity contribution in [1.82, 2.24) is 20.4 Å². The van der Waals surface area contributed by atoms with Gasteiger partial charge in [0.25, 0.3) is 5.91 Å². The highest BCUT2D eigenvalue weighted by Gasteiger charge is 2.17. The van der Waals surface area contributed by atoms with E-state index in [0.717, 1.165) is 41.1 Å². The minimum atomic E-state index is -0.285. The summed E-state index contributed by atoms with van der Waals surface area (Å²) < 4.78 is 14.9. The maximum atomic E-state index is 13.1. The van der Waals surface area contributed by atoms with E-state index < -0.39 is 0 Å². The van der Waals surface area contributed by atoms with Gasteiger partial charge in [0.15, 0.2) is 0 Å². The summed E-state index contributed by atoms with van der Waals surface area (Å²) in [6.07, 6.45) is 1.07. The Balaban J connectivity index is 0.00000243. The lowest BCUT2D eigenvalue weighted by Gasteiger charge is -2.04. The molecule has 0 unspecified atom stereocenters. The van der Waals surface area contributed by atoms with Crippen molar-refractivity contribution in [3.63, 3.8) is 0 Å². The van der Waals surface area contributed by atoms with Crippen molar-refractivity contribution in [3.8, 4) is 5.69 Å². The van der Waals surface area contributed by atoms with Gasteiger partial charge < -0.3 is 10.6 Å². The minimum absolute atomic E-state index is 0. The summed E-state index contributed by atoms with van der Waals surface area (Å²) in [6, 6.07) is 8.04. The second kappa shape index (κ2) is 9.12. The highest BCUT2D eigenvalue weighted by atomic mass is 35.5. The zero-order valence-electron chi connectivity index (χ0n) is 14.7. The van der Waals surface area contributed by atoms with E-state index in [2.05, 4.69) is 22.7 Å². The second-order valence-corrected chi connectivity index (χ2v) is 6.84. The molecule has 26 heavy (non-hydrogen) atoms. The van der Waals surface area contributed by atoms with Gasteiger partial charge in [-0.2, -0.15) is 5.10 Å². The maximum Gasteiger partial charge on any atom is 0.261 e. The van der Waals surface area contributed by atoms with Crippen molar-refractivity contribution < 1.29 is 9.18 Å². The first kappa shape index (κ1) is 20.4. The first-order valence-corrected chi connectivity index (χ1v) is 9.16. The molecular weight excluding hydrogens is 375 g/mol. The molecule has 0 saturated heterocycles. The van der Waals surface area contributed by atoms with Crippen molar-refractivity contribution in [2.24, 2.45) is 0 Å². The van der Waals surface area contributed by atoms with E-state index >= 15 is 0 Å². The Bertz CT molecular complexity index is 875. The van der Waals surface area contributed by atoms with Gasteiger partial charge in [-0.1, -0.05) is 6.92 Å². The van der Waals surface area contributed by atoms with Gasteiger partial charge in [0.2, 0.25) is 0 Å². The zero-order chi connectivity index (χ0) is 17.8. The Morgan fingerprint density at radius 2 is 1.96 bits per heavy atom. The smallest absolute Gasteiger partial charge is 0.261 e. The summed E-state index contributed by atoms with van der Waals surface area (Å²) in [5, 5.41) is 11.6. The monoisotopic (exact) mass is 396 g/mol. The quantitative estimate of drug-likeness (QED) is 0.599.